The van der Waals surface area contributed by atoms with Gasteiger partial charge in [0.15, 0.2) is 0 Å². The number of fused-ring (bicyclic) bond motifs is 1. The molecular formula is C12H15BrN2. The molecule has 0 heterocycles. The quantitative estimate of drug-likeness (QED) is 0.883. The largest absolute Gasteiger partial charge is 0.324 e. The average molecular weight is 267 g/mol. The summed E-state index contributed by atoms with van der Waals surface area (Å²) in [6.45, 7) is 4.60. The maximum Gasteiger partial charge on any atom is 0.0344 e. The second-order valence-corrected chi connectivity index (χ2v) is 5.04. The predicted octanol–water partition coefficient (Wildman–Crippen LogP) is 2.63. The molecule has 2 rings (SSSR count). The molecule has 0 saturated heterocycles. The summed E-state index contributed by atoms with van der Waals surface area (Å²) in [5.41, 5.74) is 8.67. The van der Waals surface area contributed by atoms with Crippen molar-refractivity contribution in [2.75, 3.05) is 6.54 Å². The monoisotopic (exact) mass is 266 g/mol. The molecule has 0 fully saturated rings. The lowest BCUT2D eigenvalue weighted by Gasteiger charge is -2.13. The van der Waals surface area contributed by atoms with E-state index in [0.29, 0.717) is 6.04 Å². The van der Waals surface area contributed by atoms with Crippen LogP contribution in [0.1, 0.15) is 29.6 Å². The number of benzene rings is 1. The normalized spacial score (nSPS) is 23.9. The molecule has 0 bridgehead atoms. The summed E-state index contributed by atoms with van der Waals surface area (Å²) in [4.78, 5) is 0. The Balaban J connectivity index is 2.14. The van der Waals surface area contributed by atoms with Gasteiger partial charge in [-0.25, -0.2) is 0 Å². The predicted molar refractivity (Wildman–Crippen MR) is 66.8 cm³/mol. The number of hydrogen-bond acceptors (Lipinski definition) is 2. The lowest BCUT2D eigenvalue weighted by Crippen LogP contribution is -2.21. The van der Waals surface area contributed by atoms with Gasteiger partial charge in [-0.1, -0.05) is 46.8 Å². The highest BCUT2D eigenvalue weighted by Crippen LogP contribution is 2.36. The molecule has 0 amide bonds. The second kappa shape index (κ2) is 4.47. The third-order valence-corrected chi connectivity index (χ3v) is 3.08. The van der Waals surface area contributed by atoms with Crippen molar-refractivity contribution in [1.29, 1.82) is 0 Å². The van der Waals surface area contributed by atoms with Gasteiger partial charge in [-0.3, -0.25) is 0 Å². The zero-order valence-electron chi connectivity index (χ0n) is 8.54. The van der Waals surface area contributed by atoms with Crippen LogP contribution >= 0.6 is 15.9 Å². The molecule has 3 N–H and O–H groups in total. The van der Waals surface area contributed by atoms with Crippen LogP contribution in [-0.4, -0.2) is 6.54 Å². The Hall–Kier alpha value is -0.640. The Morgan fingerprint density at radius 2 is 2.13 bits per heavy atom. The minimum atomic E-state index is 0.169. The van der Waals surface area contributed by atoms with Crippen LogP contribution in [-0.2, 0) is 0 Å². The summed E-state index contributed by atoms with van der Waals surface area (Å²) in [5.74, 6) is 0. The van der Waals surface area contributed by atoms with Gasteiger partial charge in [0, 0.05) is 23.1 Å². The lowest BCUT2D eigenvalue weighted by molar-refractivity contribution is 0.523. The molecule has 2 nitrogen and oxygen atoms in total. The number of nitrogens with one attached hydrogen (secondary N) is 1. The first-order valence-corrected chi connectivity index (χ1v) is 5.89. The van der Waals surface area contributed by atoms with Gasteiger partial charge in [0.1, 0.15) is 0 Å². The van der Waals surface area contributed by atoms with E-state index in [2.05, 4.69) is 46.0 Å². The van der Waals surface area contributed by atoms with Crippen molar-refractivity contribution in [2.45, 2.75) is 18.5 Å². The third-order valence-electron chi connectivity index (χ3n) is 2.80. The minimum absolute atomic E-state index is 0.169. The number of hydrogen-bond donors (Lipinski definition) is 2. The molecule has 1 aromatic carbocycles. The van der Waals surface area contributed by atoms with E-state index in [4.69, 9.17) is 5.73 Å². The zero-order valence-corrected chi connectivity index (χ0v) is 10.1. The Morgan fingerprint density at radius 3 is 2.80 bits per heavy atom. The van der Waals surface area contributed by atoms with Gasteiger partial charge in [0.05, 0.1) is 0 Å². The van der Waals surface area contributed by atoms with E-state index in [1.807, 2.05) is 6.07 Å². The van der Waals surface area contributed by atoms with E-state index in [-0.39, 0.29) is 6.04 Å². The first-order chi connectivity index (χ1) is 7.18. The molecule has 0 radical (unpaired) electrons. The van der Waals surface area contributed by atoms with Crippen molar-refractivity contribution < 1.29 is 0 Å². The summed E-state index contributed by atoms with van der Waals surface area (Å²) in [6, 6.07) is 8.91. The molecule has 1 aliphatic carbocycles. The van der Waals surface area contributed by atoms with E-state index >= 15 is 0 Å². The third kappa shape index (κ3) is 2.30. The van der Waals surface area contributed by atoms with Crippen molar-refractivity contribution >= 4 is 15.9 Å². The van der Waals surface area contributed by atoms with Crippen LogP contribution in [0.15, 0.2) is 35.3 Å². The van der Waals surface area contributed by atoms with Gasteiger partial charge >= 0.3 is 0 Å². The summed E-state index contributed by atoms with van der Waals surface area (Å²) in [7, 11) is 0. The lowest BCUT2D eigenvalue weighted by atomic mass is 10.1. The molecule has 0 aliphatic heterocycles. The number of rotatable bonds is 3. The highest BCUT2D eigenvalue weighted by Gasteiger charge is 2.27. The maximum atomic E-state index is 6.07. The van der Waals surface area contributed by atoms with Crippen LogP contribution in [0.25, 0.3) is 0 Å². The van der Waals surface area contributed by atoms with Gasteiger partial charge in [-0.15, -0.1) is 0 Å². The highest BCUT2D eigenvalue weighted by atomic mass is 79.9. The van der Waals surface area contributed by atoms with Crippen molar-refractivity contribution in [1.82, 2.24) is 5.32 Å². The van der Waals surface area contributed by atoms with Gasteiger partial charge in [0.25, 0.3) is 0 Å². The molecule has 0 saturated carbocycles. The van der Waals surface area contributed by atoms with E-state index in [9.17, 15) is 0 Å². The number of halogens is 1. The summed E-state index contributed by atoms with van der Waals surface area (Å²) in [5, 5.41) is 3.44. The highest BCUT2D eigenvalue weighted by molar-refractivity contribution is 9.11. The van der Waals surface area contributed by atoms with Crippen LogP contribution < -0.4 is 11.1 Å². The molecule has 1 aromatic rings. The van der Waals surface area contributed by atoms with Gasteiger partial charge < -0.3 is 11.1 Å². The SMILES string of the molecule is C=C(Br)CNC1CC(N)c2ccccc21. The molecule has 1 aliphatic rings. The Bertz CT molecular complexity index is 376. The summed E-state index contributed by atoms with van der Waals surface area (Å²) in [6.07, 6.45) is 0.972. The Kier molecular flexibility index (Phi) is 3.24. The first-order valence-electron chi connectivity index (χ1n) is 5.09. The molecule has 0 aromatic heterocycles. The molecule has 0 spiro atoms. The zero-order chi connectivity index (χ0) is 10.8. The van der Waals surface area contributed by atoms with Gasteiger partial charge in [-0.05, 0) is 17.5 Å². The molecular weight excluding hydrogens is 252 g/mol. The van der Waals surface area contributed by atoms with E-state index in [1.165, 1.54) is 11.1 Å². The number of nitrogens with two attached hydrogens (primary N) is 1. The van der Waals surface area contributed by atoms with Crippen LogP contribution in [0.5, 0.6) is 0 Å². The molecule has 80 valence electrons. The molecule has 2 unspecified atom stereocenters. The Labute approximate surface area is 98.7 Å². The van der Waals surface area contributed by atoms with Crippen LogP contribution in [0.4, 0.5) is 0 Å². The van der Waals surface area contributed by atoms with E-state index in [1.54, 1.807) is 0 Å². The first kappa shape index (κ1) is 10.9. The second-order valence-electron chi connectivity index (χ2n) is 3.92. The van der Waals surface area contributed by atoms with E-state index in [0.717, 1.165) is 17.4 Å². The Morgan fingerprint density at radius 1 is 1.47 bits per heavy atom. The fraction of sp³-hybridized carbons (Fsp3) is 0.333. The van der Waals surface area contributed by atoms with Crippen molar-refractivity contribution in [3.05, 3.63) is 46.5 Å². The van der Waals surface area contributed by atoms with Crippen molar-refractivity contribution in [2.24, 2.45) is 5.73 Å². The van der Waals surface area contributed by atoms with Gasteiger partial charge in [0.2, 0.25) is 0 Å². The topological polar surface area (TPSA) is 38.0 Å². The maximum absolute atomic E-state index is 6.07. The average Bonchev–Trinajstić information content (AvgIpc) is 2.54. The van der Waals surface area contributed by atoms with Crippen LogP contribution in [0, 0.1) is 0 Å². The molecule has 2 atom stereocenters. The van der Waals surface area contributed by atoms with E-state index < -0.39 is 0 Å². The fourth-order valence-electron chi connectivity index (χ4n) is 2.10. The minimum Gasteiger partial charge on any atom is -0.324 e. The summed E-state index contributed by atoms with van der Waals surface area (Å²) < 4.78 is 0.973. The van der Waals surface area contributed by atoms with Gasteiger partial charge in [-0.2, -0.15) is 0 Å². The summed E-state index contributed by atoms with van der Waals surface area (Å²) >= 11 is 3.35. The van der Waals surface area contributed by atoms with Crippen LogP contribution in [0.2, 0.25) is 0 Å². The van der Waals surface area contributed by atoms with Crippen molar-refractivity contribution in [3.8, 4) is 0 Å². The molecule has 3 heteroatoms. The fourth-order valence-corrected chi connectivity index (χ4v) is 2.26. The van der Waals surface area contributed by atoms with Crippen LogP contribution in [0.3, 0.4) is 0 Å². The molecule has 15 heavy (non-hydrogen) atoms. The smallest absolute Gasteiger partial charge is 0.0344 e. The standard InChI is InChI=1S/C12H15BrN2/c1-8(13)7-15-12-6-11(14)9-4-2-3-5-10(9)12/h2-5,11-12,15H,1,6-7,14H2. The van der Waals surface area contributed by atoms with Crippen molar-refractivity contribution in [3.63, 3.8) is 0 Å².